The number of carbonyl (C=O) groups excluding carboxylic acids is 2. The second kappa shape index (κ2) is 9.83. The number of rotatable bonds is 7. The average Bonchev–Trinajstić information content (AvgIpc) is 3.12. The summed E-state index contributed by atoms with van der Waals surface area (Å²) in [6.07, 6.45) is 0.501. The van der Waals surface area contributed by atoms with Crippen molar-refractivity contribution in [2.75, 3.05) is 20.8 Å². The molecule has 6 nitrogen and oxygen atoms in total. The molecule has 1 saturated heterocycles. The Bertz CT molecular complexity index is 1250. The summed E-state index contributed by atoms with van der Waals surface area (Å²) in [5, 5.41) is 11.1. The SMILES string of the molecule is COc1ccc(CCN2C(=O)C(=O)/C(=C(/O)c3ccccc3)C2c2cccc(C)c2)cc1OC. The monoisotopic (exact) mass is 457 g/mol. The minimum atomic E-state index is -0.680. The van der Waals surface area contributed by atoms with Crippen molar-refractivity contribution in [3.63, 3.8) is 0 Å². The van der Waals surface area contributed by atoms with Gasteiger partial charge in [0.25, 0.3) is 11.7 Å². The Morgan fingerprint density at radius 3 is 2.32 bits per heavy atom. The molecule has 0 aliphatic carbocycles. The van der Waals surface area contributed by atoms with Gasteiger partial charge in [0, 0.05) is 12.1 Å². The van der Waals surface area contributed by atoms with Gasteiger partial charge in [-0.15, -0.1) is 0 Å². The first-order valence-electron chi connectivity index (χ1n) is 11.1. The van der Waals surface area contributed by atoms with Crippen LogP contribution in [0.25, 0.3) is 5.76 Å². The van der Waals surface area contributed by atoms with Gasteiger partial charge in [0.1, 0.15) is 5.76 Å². The van der Waals surface area contributed by atoms with Gasteiger partial charge < -0.3 is 19.5 Å². The molecule has 0 spiro atoms. The molecule has 0 bridgehead atoms. The van der Waals surface area contributed by atoms with E-state index in [2.05, 4.69) is 0 Å². The lowest BCUT2D eigenvalue weighted by molar-refractivity contribution is -0.139. The van der Waals surface area contributed by atoms with E-state index in [9.17, 15) is 14.7 Å². The first-order chi connectivity index (χ1) is 16.4. The van der Waals surface area contributed by atoms with Crippen molar-refractivity contribution in [2.45, 2.75) is 19.4 Å². The molecule has 1 fully saturated rings. The lowest BCUT2D eigenvalue weighted by Crippen LogP contribution is -2.31. The van der Waals surface area contributed by atoms with E-state index in [-0.39, 0.29) is 11.3 Å². The molecular weight excluding hydrogens is 430 g/mol. The van der Waals surface area contributed by atoms with Gasteiger partial charge in [0.2, 0.25) is 0 Å². The van der Waals surface area contributed by atoms with Crippen molar-refractivity contribution >= 4 is 17.4 Å². The zero-order valence-corrected chi connectivity index (χ0v) is 19.4. The Labute approximate surface area is 199 Å². The number of aliphatic hydroxyl groups excluding tert-OH is 1. The van der Waals surface area contributed by atoms with Crippen LogP contribution in [0.3, 0.4) is 0 Å². The summed E-state index contributed by atoms with van der Waals surface area (Å²) in [4.78, 5) is 27.8. The third kappa shape index (κ3) is 4.39. The van der Waals surface area contributed by atoms with Crippen LogP contribution in [0.4, 0.5) is 0 Å². The van der Waals surface area contributed by atoms with Gasteiger partial charge in [-0.3, -0.25) is 9.59 Å². The van der Waals surface area contributed by atoms with Crippen LogP contribution in [0.15, 0.2) is 78.4 Å². The molecule has 4 rings (SSSR count). The summed E-state index contributed by atoms with van der Waals surface area (Å²) < 4.78 is 10.7. The zero-order chi connectivity index (χ0) is 24.2. The Morgan fingerprint density at radius 2 is 1.65 bits per heavy atom. The third-order valence-corrected chi connectivity index (χ3v) is 6.03. The Kier molecular flexibility index (Phi) is 6.68. The summed E-state index contributed by atoms with van der Waals surface area (Å²) in [5.41, 5.74) is 3.32. The van der Waals surface area contributed by atoms with Gasteiger partial charge in [-0.25, -0.2) is 0 Å². The van der Waals surface area contributed by atoms with Gasteiger partial charge in [0.05, 0.1) is 25.8 Å². The van der Waals surface area contributed by atoms with E-state index in [1.54, 1.807) is 43.4 Å². The number of aliphatic hydroxyl groups is 1. The van der Waals surface area contributed by atoms with Crippen LogP contribution in [0, 0.1) is 6.92 Å². The largest absolute Gasteiger partial charge is 0.507 e. The van der Waals surface area contributed by atoms with E-state index >= 15 is 0 Å². The summed E-state index contributed by atoms with van der Waals surface area (Å²) in [6, 6.07) is 21.4. The van der Waals surface area contributed by atoms with Gasteiger partial charge in [-0.2, -0.15) is 0 Å². The summed E-state index contributed by atoms with van der Waals surface area (Å²) in [7, 11) is 3.15. The van der Waals surface area contributed by atoms with Crippen molar-refractivity contribution in [3.8, 4) is 11.5 Å². The Balaban J connectivity index is 1.74. The molecule has 0 saturated carbocycles. The topological polar surface area (TPSA) is 76.1 Å². The van der Waals surface area contributed by atoms with Crippen LogP contribution in [0.2, 0.25) is 0 Å². The zero-order valence-electron chi connectivity index (χ0n) is 19.4. The Hall–Kier alpha value is -4.06. The maximum Gasteiger partial charge on any atom is 0.295 e. The summed E-state index contributed by atoms with van der Waals surface area (Å²) in [6.45, 7) is 2.25. The first-order valence-corrected chi connectivity index (χ1v) is 11.1. The van der Waals surface area contributed by atoms with Crippen molar-refractivity contribution in [2.24, 2.45) is 0 Å². The second-order valence-electron chi connectivity index (χ2n) is 8.21. The molecule has 3 aromatic carbocycles. The fraction of sp³-hybridized carbons (Fsp3) is 0.214. The van der Waals surface area contributed by atoms with Gasteiger partial charge in [-0.05, 0) is 36.6 Å². The molecule has 1 atom stereocenters. The van der Waals surface area contributed by atoms with E-state index in [1.807, 2.05) is 55.5 Å². The molecule has 6 heteroatoms. The fourth-order valence-electron chi connectivity index (χ4n) is 4.33. The highest BCUT2D eigenvalue weighted by atomic mass is 16.5. The molecule has 174 valence electrons. The van der Waals surface area contributed by atoms with Crippen LogP contribution in [0.1, 0.15) is 28.3 Å². The number of ketones is 1. The van der Waals surface area contributed by atoms with Crippen molar-refractivity contribution < 1.29 is 24.2 Å². The van der Waals surface area contributed by atoms with Crippen LogP contribution < -0.4 is 9.47 Å². The normalized spacial score (nSPS) is 17.1. The fourth-order valence-corrected chi connectivity index (χ4v) is 4.33. The number of methoxy groups -OCH3 is 2. The van der Waals surface area contributed by atoms with Crippen molar-refractivity contribution in [1.29, 1.82) is 0 Å². The number of likely N-dealkylation sites (tertiary alicyclic amines) is 1. The molecule has 1 unspecified atom stereocenters. The van der Waals surface area contributed by atoms with Gasteiger partial charge in [-0.1, -0.05) is 66.2 Å². The average molecular weight is 458 g/mol. The lowest BCUT2D eigenvalue weighted by atomic mass is 9.94. The smallest absolute Gasteiger partial charge is 0.295 e. The summed E-state index contributed by atoms with van der Waals surface area (Å²) >= 11 is 0. The second-order valence-corrected chi connectivity index (χ2v) is 8.21. The van der Waals surface area contributed by atoms with Crippen molar-refractivity contribution in [3.05, 3.63) is 101 Å². The predicted molar refractivity (Wildman–Crippen MR) is 130 cm³/mol. The number of amides is 1. The molecule has 1 amide bonds. The molecule has 34 heavy (non-hydrogen) atoms. The molecule has 0 aromatic heterocycles. The van der Waals surface area contributed by atoms with Gasteiger partial charge >= 0.3 is 0 Å². The first kappa shape index (κ1) is 23.1. The highest BCUT2D eigenvalue weighted by Gasteiger charge is 2.45. The summed E-state index contributed by atoms with van der Waals surface area (Å²) in [5.74, 6) is -0.251. The van der Waals surface area contributed by atoms with Gasteiger partial charge in [0.15, 0.2) is 11.5 Å². The van der Waals surface area contributed by atoms with Crippen LogP contribution >= 0.6 is 0 Å². The number of Topliss-reactive ketones (excluding diaryl/α,β-unsaturated/α-hetero) is 1. The molecule has 1 heterocycles. The quantitative estimate of drug-likeness (QED) is 0.317. The van der Waals surface area contributed by atoms with E-state index in [0.29, 0.717) is 30.0 Å². The maximum absolute atomic E-state index is 13.2. The number of benzene rings is 3. The minimum absolute atomic E-state index is 0.106. The van der Waals surface area contributed by atoms with E-state index in [4.69, 9.17) is 9.47 Å². The number of hydrogen-bond acceptors (Lipinski definition) is 5. The molecule has 1 aliphatic heterocycles. The molecule has 1 aliphatic rings. The number of carbonyl (C=O) groups is 2. The number of ether oxygens (including phenoxy) is 2. The molecule has 3 aromatic rings. The van der Waals surface area contributed by atoms with E-state index < -0.39 is 17.7 Å². The van der Waals surface area contributed by atoms with Crippen LogP contribution in [-0.4, -0.2) is 42.5 Å². The van der Waals surface area contributed by atoms with Crippen LogP contribution in [-0.2, 0) is 16.0 Å². The van der Waals surface area contributed by atoms with E-state index in [0.717, 1.165) is 16.7 Å². The van der Waals surface area contributed by atoms with Crippen LogP contribution in [0.5, 0.6) is 11.5 Å². The Morgan fingerprint density at radius 1 is 0.912 bits per heavy atom. The minimum Gasteiger partial charge on any atom is -0.507 e. The number of aryl methyl sites for hydroxylation is 1. The lowest BCUT2D eigenvalue weighted by Gasteiger charge is -2.26. The molecular formula is C28H27NO5. The number of hydrogen-bond donors (Lipinski definition) is 1. The molecule has 1 N–H and O–H groups in total. The van der Waals surface area contributed by atoms with Crippen molar-refractivity contribution in [1.82, 2.24) is 4.90 Å². The predicted octanol–water partition coefficient (Wildman–Crippen LogP) is 4.68. The third-order valence-electron chi connectivity index (χ3n) is 6.03. The maximum atomic E-state index is 13.2. The number of nitrogens with zero attached hydrogens (tertiary/aromatic N) is 1. The highest BCUT2D eigenvalue weighted by Crippen LogP contribution is 2.39. The molecule has 0 radical (unpaired) electrons. The standard InChI is InChI=1S/C28H27NO5/c1-18-8-7-11-21(16-18)25-24(26(30)20-9-5-4-6-10-20)27(31)28(32)29(25)15-14-19-12-13-22(33-2)23(17-19)34-3/h4-13,16-17,25,30H,14-15H2,1-3H3/b26-24+. The highest BCUT2D eigenvalue weighted by molar-refractivity contribution is 6.46. The van der Waals surface area contributed by atoms with E-state index in [1.165, 1.54) is 0 Å².